The van der Waals surface area contributed by atoms with E-state index in [4.69, 9.17) is 81.2 Å². The van der Waals surface area contributed by atoms with E-state index in [0.717, 1.165) is 5.54 Å². The monoisotopic (exact) mass is 342 g/mol. The van der Waals surface area contributed by atoms with Crippen molar-refractivity contribution in [3.05, 3.63) is 36.2 Å². The molecular formula is C8HCl7. The summed E-state index contributed by atoms with van der Waals surface area (Å²) in [5.41, 5.74) is 1.37. The summed E-state index contributed by atoms with van der Waals surface area (Å²) in [5, 5.41) is 0.595. The highest BCUT2D eigenvalue weighted by Gasteiger charge is 2.20. The van der Waals surface area contributed by atoms with Crippen LogP contribution in [0.3, 0.4) is 0 Å². The van der Waals surface area contributed by atoms with Gasteiger partial charge in [-0.05, 0) is 0 Å². The lowest BCUT2D eigenvalue weighted by molar-refractivity contribution is 1.64. The van der Waals surface area contributed by atoms with Crippen molar-refractivity contribution < 1.29 is 0 Å². The third-order valence-electron chi connectivity index (χ3n) is 1.54. The summed E-state index contributed by atoms with van der Waals surface area (Å²) < 4.78 is 0. The SMILES string of the molecule is Cl/C=C(\Cl)c1c(Cl)c(Cl)c(Cl)c(Cl)c1Cl. The van der Waals surface area contributed by atoms with Gasteiger partial charge in [-0.1, -0.05) is 81.2 Å². The number of halogens is 7. The highest BCUT2D eigenvalue weighted by Crippen LogP contribution is 2.47. The summed E-state index contributed by atoms with van der Waals surface area (Å²) >= 11 is 40.5. The zero-order chi connectivity index (χ0) is 11.7. The van der Waals surface area contributed by atoms with Crippen LogP contribution >= 0.6 is 81.2 Å². The summed E-state index contributed by atoms with van der Waals surface area (Å²) in [6.45, 7) is 0. The highest BCUT2D eigenvalue weighted by atomic mass is 35.5. The van der Waals surface area contributed by atoms with E-state index in [-0.39, 0.29) is 35.7 Å². The first-order valence-electron chi connectivity index (χ1n) is 3.39. The fraction of sp³-hybridized carbons (Fsp3) is 0. The molecule has 0 spiro atoms. The standard InChI is InChI=1S/C8HCl7/c9-1-2(10)3-4(11)6(13)8(15)7(14)5(3)12/h1H/b2-1-. The maximum absolute atomic E-state index is 5.91. The molecule has 0 fully saturated rings. The van der Waals surface area contributed by atoms with Crippen LogP contribution in [-0.4, -0.2) is 0 Å². The van der Waals surface area contributed by atoms with Gasteiger partial charge in [0.25, 0.3) is 0 Å². The average Bonchev–Trinajstić information content (AvgIpc) is 2.23. The van der Waals surface area contributed by atoms with Gasteiger partial charge in [0.05, 0.1) is 30.1 Å². The first kappa shape index (κ1) is 14.1. The minimum absolute atomic E-state index is 0.0797. The Hall–Kier alpha value is 0.990. The molecule has 1 aromatic carbocycles. The predicted molar refractivity (Wildman–Crippen MR) is 71.2 cm³/mol. The van der Waals surface area contributed by atoms with Crippen molar-refractivity contribution in [2.75, 3.05) is 0 Å². The smallest absolute Gasteiger partial charge is 0.0809 e. The Bertz CT molecular complexity index is 406. The molecule has 0 radical (unpaired) electrons. The topological polar surface area (TPSA) is 0 Å². The zero-order valence-corrected chi connectivity index (χ0v) is 12.0. The zero-order valence-electron chi connectivity index (χ0n) is 6.72. The molecule has 0 N–H and O–H groups in total. The molecule has 1 rings (SSSR count). The van der Waals surface area contributed by atoms with E-state index in [1.54, 1.807) is 0 Å². The van der Waals surface area contributed by atoms with Crippen LogP contribution in [0.5, 0.6) is 0 Å². The fourth-order valence-electron chi connectivity index (χ4n) is 0.869. The highest BCUT2D eigenvalue weighted by molar-refractivity contribution is 6.60. The van der Waals surface area contributed by atoms with Crippen molar-refractivity contribution in [3.8, 4) is 0 Å². The van der Waals surface area contributed by atoms with Gasteiger partial charge >= 0.3 is 0 Å². The third kappa shape index (κ3) is 2.63. The van der Waals surface area contributed by atoms with Crippen LogP contribution in [0.25, 0.3) is 5.03 Å². The Balaban J connectivity index is 3.67. The Morgan fingerprint density at radius 2 is 1.07 bits per heavy atom. The molecule has 0 aliphatic rings. The molecule has 0 aromatic heterocycles. The molecule has 0 bridgehead atoms. The van der Waals surface area contributed by atoms with E-state index in [1.165, 1.54) is 0 Å². The molecule has 0 unspecified atom stereocenters. The van der Waals surface area contributed by atoms with Crippen molar-refractivity contribution in [2.45, 2.75) is 0 Å². The summed E-state index contributed by atoms with van der Waals surface area (Å²) in [4.78, 5) is 0. The lowest BCUT2D eigenvalue weighted by Crippen LogP contribution is -1.87. The van der Waals surface area contributed by atoms with Crippen LogP contribution in [0.1, 0.15) is 5.56 Å². The van der Waals surface area contributed by atoms with E-state index >= 15 is 0 Å². The molecule has 82 valence electrons. The molecule has 1 aromatic rings. The van der Waals surface area contributed by atoms with Crippen molar-refractivity contribution >= 4 is 86.2 Å². The fourth-order valence-corrected chi connectivity index (χ4v) is 2.61. The average molecular weight is 345 g/mol. The first-order chi connectivity index (χ1) is 6.91. The molecule has 15 heavy (non-hydrogen) atoms. The molecule has 7 heteroatoms. The number of hydrogen-bond donors (Lipinski definition) is 0. The van der Waals surface area contributed by atoms with Gasteiger partial charge in [0.2, 0.25) is 0 Å². The van der Waals surface area contributed by atoms with Crippen molar-refractivity contribution in [1.82, 2.24) is 0 Å². The summed E-state index contributed by atoms with van der Waals surface area (Å²) in [5.74, 6) is 0. The van der Waals surface area contributed by atoms with Crippen LogP contribution in [0.15, 0.2) is 5.54 Å². The van der Waals surface area contributed by atoms with Gasteiger partial charge in [0.15, 0.2) is 0 Å². The molecule has 0 nitrogen and oxygen atoms in total. The van der Waals surface area contributed by atoms with Crippen molar-refractivity contribution in [1.29, 1.82) is 0 Å². The van der Waals surface area contributed by atoms with Crippen molar-refractivity contribution in [3.63, 3.8) is 0 Å². The molecule has 0 aliphatic carbocycles. The summed E-state index contributed by atoms with van der Waals surface area (Å²) in [7, 11) is 0. The predicted octanol–water partition coefficient (Wildman–Crippen LogP) is 6.73. The van der Waals surface area contributed by atoms with Crippen LogP contribution in [0.2, 0.25) is 25.1 Å². The largest absolute Gasteiger partial charge is 0.0913 e. The van der Waals surface area contributed by atoms with E-state index in [1.807, 2.05) is 0 Å². The number of rotatable bonds is 1. The van der Waals surface area contributed by atoms with Gasteiger partial charge in [-0.25, -0.2) is 0 Å². The molecular weight excluding hydrogens is 344 g/mol. The molecule has 0 heterocycles. The molecule has 0 aliphatic heterocycles. The van der Waals surface area contributed by atoms with Gasteiger partial charge in [-0.2, -0.15) is 0 Å². The van der Waals surface area contributed by atoms with Gasteiger partial charge < -0.3 is 0 Å². The second-order valence-electron chi connectivity index (χ2n) is 2.40. The van der Waals surface area contributed by atoms with Crippen LogP contribution < -0.4 is 0 Å². The van der Waals surface area contributed by atoms with Gasteiger partial charge in [-0.15, -0.1) is 0 Å². The summed E-state index contributed by atoms with van der Waals surface area (Å²) in [6, 6.07) is 0. The first-order valence-corrected chi connectivity index (χ1v) is 6.10. The maximum atomic E-state index is 5.91. The third-order valence-corrected chi connectivity index (χ3v) is 4.45. The van der Waals surface area contributed by atoms with Crippen molar-refractivity contribution in [2.24, 2.45) is 0 Å². The molecule has 0 saturated carbocycles. The second kappa shape index (κ2) is 5.55. The Kier molecular flexibility index (Phi) is 5.20. The van der Waals surface area contributed by atoms with E-state index in [0.29, 0.717) is 0 Å². The molecule has 0 atom stereocenters. The molecule has 0 saturated heterocycles. The van der Waals surface area contributed by atoms with Crippen LogP contribution in [0.4, 0.5) is 0 Å². The van der Waals surface area contributed by atoms with Gasteiger partial charge in [0.1, 0.15) is 0 Å². The Morgan fingerprint density at radius 1 is 0.733 bits per heavy atom. The number of hydrogen-bond acceptors (Lipinski definition) is 0. The van der Waals surface area contributed by atoms with Crippen LogP contribution in [0, 0.1) is 0 Å². The molecule has 0 amide bonds. The number of benzene rings is 1. The van der Waals surface area contributed by atoms with Gasteiger partial charge in [-0.3, -0.25) is 0 Å². The minimum Gasteiger partial charge on any atom is -0.0913 e. The minimum atomic E-state index is 0.0797. The lowest BCUT2D eigenvalue weighted by atomic mass is 10.2. The Morgan fingerprint density at radius 3 is 1.40 bits per heavy atom. The Labute approximate surface area is 122 Å². The lowest BCUT2D eigenvalue weighted by Gasteiger charge is -2.10. The van der Waals surface area contributed by atoms with Crippen LogP contribution in [-0.2, 0) is 0 Å². The maximum Gasteiger partial charge on any atom is 0.0809 e. The summed E-state index contributed by atoms with van der Waals surface area (Å²) in [6.07, 6.45) is 0. The normalized spacial score (nSPS) is 12.1. The van der Waals surface area contributed by atoms with Gasteiger partial charge in [0, 0.05) is 11.1 Å². The second-order valence-corrected chi connectivity index (χ2v) is 4.92. The quantitative estimate of drug-likeness (QED) is 0.391. The van der Waals surface area contributed by atoms with E-state index < -0.39 is 0 Å². The van der Waals surface area contributed by atoms with E-state index in [9.17, 15) is 0 Å². The van der Waals surface area contributed by atoms with E-state index in [2.05, 4.69) is 0 Å².